The van der Waals surface area contributed by atoms with Gasteiger partial charge >= 0.3 is 0 Å². The molecule has 26 heavy (non-hydrogen) atoms. The van der Waals surface area contributed by atoms with Gasteiger partial charge in [0.15, 0.2) is 0 Å². The maximum absolute atomic E-state index is 2.74. The second-order valence-corrected chi connectivity index (χ2v) is 8.30. The van der Waals surface area contributed by atoms with E-state index in [-0.39, 0.29) is 5.66 Å². The second-order valence-electron chi connectivity index (χ2n) is 8.30. The van der Waals surface area contributed by atoms with Gasteiger partial charge in [0.25, 0.3) is 0 Å². The highest BCUT2D eigenvalue weighted by molar-refractivity contribution is 6.07. The van der Waals surface area contributed by atoms with Gasteiger partial charge in [0, 0.05) is 29.9 Å². The summed E-state index contributed by atoms with van der Waals surface area (Å²) < 4.78 is 0. The van der Waals surface area contributed by atoms with Crippen molar-refractivity contribution in [2.24, 2.45) is 5.92 Å². The quantitative estimate of drug-likeness (QED) is 0.621. The topological polar surface area (TPSA) is 6.48 Å². The number of aryl methyl sites for hydroxylation is 1. The molecule has 140 valence electrons. The summed E-state index contributed by atoms with van der Waals surface area (Å²) in [6, 6.07) is 11.6. The van der Waals surface area contributed by atoms with Crippen molar-refractivity contribution in [2.45, 2.75) is 71.9 Å². The molecule has 0 saturated heterocycles. The van der Waals surface area contributed by atoms with Gasteiger partial charge in [-0.05, 0) is 75.5 Å². The first kappa shape index (κ1) is 17.7. The van der Waals surface area contributed by atoms with E-state index >= 15 is 0 Å². The van der Waals surface area contributed by atoms with Crippen molar-refractivity contribution >= 4 is 22.1 Å². The van der Waals surface area contributed by atoms with E-state index in [9.17, 15) is 0 Å². The van der Waals surface area contributed by atoms with Crippen LogP contribution in [0.25, 0.3) is 10.8 Å². The molecular formula is C24H34N2. The Morgan fingerprint density at radius 2 is 1.58 bits per heavy atom. The average Bonchev–Trinajstić information content (AvgIpc) is 2.67. The maximum Gasteiger partial charge on any atom is 0.113 e. The van der Waals surface area contributed by atoms with Crippen molar-refractivity contribution in [3.05, 3.63) is 35.9 Å². The molecule has 1 heterocycles. The van der Waals surface area contributed by atoms with E-state index in [0.717, 1.165) is 19.0 Å². The summed E-state index contributed by atoms with van der Waals surface area (Å²) in [5.41, 5.74) is 4.48. The van der Waals surface area contributed by atoms with E-state index < -0.39 is 0 Å². The molecule has 1 spiro atoms. The normalized spacial score (nSPS) is 25.3. The fourth-order valence-electron chi connectivity index (χ4n) is 5.86. The lowest BCUT2D eigenvalue weighted by molar-refractivity contribution is 0.205. The van der Waals surface area contributed by atoms with Crippen LogP contribution in [0.3, 0.4) is 0 Å². The first-order chi connectivity index (χ1) is 12.7. The molecule has 2 aliphatic rings. The maximum atomic E-state index is 2.74. The number of hydrogen-bond donors (Lipinski definition) is 0. The summed E-state index contributed by atoms with van der Waals surface area (Å²) in [7, 11) is 0. The second kappa shape index (κ2) is 6.79. The zero-order valence-corrected chi connectivity index (χ0v) is 17.0. The fourth-order valence-corrected chi connectivity index (χ4v) is 5.86. The first-order valence-electron chi connectivity index (χ1n) is 10.7. The number of hydrogen-bond acceptors (Lipinski definition) is 2. The highest BCUT2D eigenvalue weighted by Gasteiger charge is 2.47. The molecule has 1 fully saturated rings. The van der Waals surface area contributed by atoms with Crippen LogP contribution in [-0.4, -0.2) is 18.8 Å². The number of benzene rings is 2. The molecule has 1 saturated carbocycles. The fraction of sp³-hybridized carbons (Fsp3) is 0.583. The van der Waals surface area contributed by atoms with E-state index in [0.29, 0.717) is 0 Å². The van der Waals surface area contributed by atoms with Gasteiger partial charge in [0.1, 0.15) is 5.66 Å². The molecule has 0 aromatic heterocycles. The Bertz CT molecular complexity index is 766. The molecule has 2 aromatic rings. The Balaban J connectivity index is 1.86. The van der Waals surface area contributed by atoms with Crippen LogP contribution in [0.15, 0.2) is 30.3 Å². The molecule has 4 rings (SSSR count). The zero-order chi connectivity index (χ0) is 18.3. The van der Waals surface area contributed by atoms with E-state index in [1.54, 1.807) is 0 Å². The SMILES string of the molecule is CCCC1CCC2(CC1)N(CC)c1cccc3c(C)ccc(c13)N2CC. The predicted molar refractivity (Wildman–Crippen MR) is 114 cm³/mol. The van der Waals surface area contributed by atoms with Gasteiger partial charge in [-0.1, -0.05) is 38.0 Å². The van der Waals surface area contributed by atoms with Crippen LogP contribution < -0.4 is 9.80 Å². The van der Waals surface area contributed by atoms with Gasteiger partial charge < -0.3 is 9.80 Å². The Kier molecular flexibility index (Phi) is 4.62. The molecule has 0 unspecified atom stereocenters. The summed E-state index contributed by atoms with van der Waals surface area (Å²) in [5.74, 6) is 0.929. The molecule has 2 aromatic carbocycles. The lowest BCUT2D eigenvalue weighted by Crippen LogP contribution is -2.64. The van der Waals surface area contributed by atoms with Crippen LogP contribution in [0.5, 0.6) is 0 Å². The van der Waals surface area contributed by atoms with Crippen molar-refractivity contribution in [1.82, 2.24) is 0 Å². The third-order valence-corrected chi connectivity index (χ3v) is 7.04. The standard InChI is InChI=1S/C24H34N2/c1-5-9-19-14-16-24(17-15-19)25(6-2)21-11-8-10-20-18(4)12-13-22(23(20)21)26(24)7-3/h8,10-13,19H,5-7,9,14-17H2,1-4H3. The van der Waals surface area contributed by atoms with Gasteiger partial charge in [-0.2, -0.15) is 0 Å². The van der Waals surface area contributed by atoms with Crippen molar-refractivity contribution in [2.75, 3.05) is 22.9 Å². The minimum atomic E-state index is 0.171. The van der Waals surface area contributed by atoms with Crippen LogP contribution in [0.1, 0.15) is 64.9 Å². The lowest BCUT2D eigenvalue weighted by atomic mass is 9.76. The molecular weight excluding hydrogens is 316 g/mol. The number of nitrogens with zero attached hydrogens (tertiary/aromatic N) is 2. The molecule has 0 atom stereocenters. The summed E-state index contributed by atoms with van der Waals surface area (Å²) in [4.78, 5) is 5.49. The summed E-state index contributed by atoms with van der Waals surface area (Å²) in [6.45, 7) is 11.4. The zero-order valence-electron chi connectivity index (χ0n) is 17.0. The summed E-state index contributed by atoms with van der Waals surface area (Å²) in [5, 5.41) is 2.89. The Hall–Kier alpha value is -1.70. The van der Waals surface area contributed by atoms with E-state index in [1.165, 1.54) is 66.2 Å². The van der Waals surface area contributed by atoms with Crippen LogP contribution in [0, 0.1) is 12.8 Å². The van der Waals surface area contributed by atoms with Crippen LogP contribution in [0.4, 0.5) is 11.4 Å². The average molecular weight is 351 g/mol. The monoisotopic (exact) mass is 350 g/mol. The molecule has 0 amide bonds. The largest absolute Gasteiger partial charge is 0.348 e. The third-order valence-electron chi connectivity index (χ3n) is 7.04. The Labute approximate surface area is 159 Å². The van der Waals surface area contributed by atoms with Crippen molar-refractivity contribution in [3.8, 4) is 0 Å². The van der Waals surface area contributed by atoms with Crippen molar-refractivity contribution in [3.63, 3.8) is 0 Å². The third kappa shape index (κ3) is 2.45. The van der Waals surface area contributed by atoms with Crippen LogP contribution >= 0.6 is 0 Å². The highest BCUT2D eigenvalue weighted by Crippen LogP contribution is 2.51. The summed E-state index contributed by atoms with van der Waals surface area (Å²) >= 11 is 0. The molecule has 0 radical (unpaired) electrons. The Morgan fingerprint density at radius 1 is 0.923 bits per heavy atom. The van der Waals surface area contributed by atoms with Gasteiger partial charge in [0.05, 0.1) is 0 Å². The number of anilines is 2. The lowest BCUT2D eigenvalue weighted by Gasteiger charge is -2.58. The predicted octanol–water partition coefficient (Wildman–Crippen LogP) is 6.50. The minimum absolute atomic E-state index is 0.171. The van der Waals surface area contributed by atoms with Gasteiger partial charge in [-0.15, -0.1) is 0 Å². The van der Waals surface area contributed by atoms with Gasteiger partial charge in [-0.3, -0.25) is 0 Å². The van der Waals surface area contributed by atoms with Crippen molar-refractivity contribution < 1.29 is 0 Å². The van der Waals surface area contributed by atoms with Crippen LogP contribution in [0.2, 0.25) is 0 Å². The molecule has 1 aliphatic heterocycles. The van der Waals surface area contributed by atoms with Crippen LogP contribution in [-0.2, 0) is 0 Å². The molecule has 2 heteroatoms. The van der Waals surface area contributed by atoms with E-state index in [1.807, 2.05) is 0 Å². The first-order valence-corrected chi connectivity index (χ1v) is 10.7. The summed E-state index contributed by atoms with van der Waals surface area (Å²) in [6.07, 6.45) is 8.07. The molecule has 0 bridgehead atoms. The molecule has 0 N–H and O–H groups in total. The highest BCUT2D eigenvalue weighted by atomic mass is 15.4. The van der Waals surface area contributed by atoms with Crippen molar-refractivity contribution in [1.29, 1.82) is 0 Å². The smallest absolute Gasteiger partial charge is 0.113 e. The number of rotatable bonds is 4. The minimum Gasteiger partial charge on any atom is -0.348 e. The Morgan fingerprint density at radius 3 is 2.19 bits per heavy atom. The molecule has 1 aliphatic carbocycles. The van der Waals surface area contributed by atoms with E-state index in [2.05, 4.69) is 67.8 Å². The van der Waals surface area contributed by atoms with Gasteiger partial charge in [-0.25, -0.2) is 0 Å². The van der Waals surface area contributed by atoms with Gasteiger partial charge in [0.2, 0.25) is 0 Å². The molecule has 2 nitrogen and oxygen atoms in total. The van der Waals surface area contributed by atoms with E-state index in [4.69, 9.17) is 0 Å².